The Hall–Kier alpha value is -3.55. The van der Waals surface area contributed by atoms with Crippen LogP contribution in [0.2, 0.25) is 20.1 Å². The molecule has 0 saturated carbocycles. The van der Waals surface area contributed by atoms with Crippen LogP contribution in [0.4, 0.5) is 11.4 Å². The normalized spacial score (nSPS) is 18.6. The second-order valence-electron chi connectivity index (χ2n) is 9.10. The smallest absolute Gasteiger partial charge is 0.239 e. The molecule has 0 bridgehead atoms. The number of anilines is 1. The van der Waals surface area contributed by atoms with Crippen LogP contribution in [0.15, 0.2) is 59.7 Å². The van der Waals surface area contributed by atoms with Crippen molar-refractivity contribution >= 4 is 86.6 Å². The third-order valence-electron chi connectivity index (χ3n) is 7.19. The molecule has 0 amide bonds. The topological polar surface area (TPSA) is 94.3 Å². The minimum Gasteiger partial charge on any atom is -0.364 e. The summed E-state index contributed by atoms with van der Waals surface area (Å²) in [4.78, 5) is 57.1. The van der Waals surface area contributed by atoms with Gasteiger partial charge < -0.3 is 5.32 Å². The molecule has 6 nitrogen and oxygen atoms in total. The zero-order valence-corrected chi connectivity index (χ0v) is 21.9. The van der Waals surface area contributed by atoms with Gasteiger partial charge in [-0.3, -0.25) is 19.2 Å². The van der Waals surface area contributed by atoms with Gasteiger partial charge in [-0.15, -0.1) is 0 Å². The molecule has 10 heteroatoms. The van der Waals surface area contributed by atoms with Crippen LogP contribution >= 0.6 is 46.4 Å². The van der Waals surface area contributed by atoms with Crippen LogP contribution in [-0.2, 0) is 0 Å². The summed E-state index contributed by atoms with van der Waals surface area (Å²) in [6.07, 6.45) is 3.27. The fraction of sp³-hybridized carbons (Fsp3) is 0.0357. The van der Waals surface area contributed by atoms with E-state index in [2.05, 4.69) is 10.3 Å². The quantitative estimate of drug-likeness (QED) is 0.226. The lowest BCUT2D eigenvalue weighted by Crippen LogP contribution is -2.74. The van der Waals surface area contributed by atoms with Crippen LogP contribution in [0, 0.1) is 0 Å². The van der Waals surface area contributed by atoms with Crippen molar-refractivity contribution < 1.29 is 24.2 Å². The van der Waals surface area contributed by atoms with Crippen LogP contribution < -0.4 is 10.3 Å². The van der Waals surface area contributed by atoms with Crippen LogP contribution in [0.1, 0.15) is 52.6 Å². The molecule has 38 heavy (non-hydrogen) atoms. The van der Waals surface area contributed by atoms with Gasteiger partial charge in [-0.1, -0.05) is 70.7 Å². The molecule has 3 aromatic carbocycles. The predicted molar refractivity (Wildman–Crippen MR) is 144 cm³/mol. The van der Waals surface area contributed by atoms with Crippen molar-refractivity contribution in [2.45, 2.75) is 6.04 Å². The second kappa shape index (κ2) is 7.98. The third kappa shape index (κ3) is 2.89. The van der Waals surface area contributed by atoms with Gasteiger partial charge in [0.05, 0.1) is 31.2 Å². The van der Waals surface area contributed by atoms with Crippen molar-refractivity contribution in [3.05, 3.63) is 113 Å². The number of nitrogens with one attached hydrogen (secondary N) is 2. The summed E-state index contributed by atoms with van der Waals surface area (Å²) in [6.45, 7) is 0. The predicted octanol–water partition coefficient (Wildman–Crippen LogP) is 4.97. The molecule has 1 aliphatic heterocycles. The first kappa shape index (κ1) is 23.6. The molecule has 1 heterocycles. The Labute approximate surface area is 234 Å². The fourth-order valence-electron chi connectivity index (χ4n) is 5.45. The van der Waals surface area contributed by atoms with Crippen LogP contribution in [0.25, 0.3) is 0 Å². The van der Waals surface area contributed by atoms with Crippen LogP contribution in [-0.4, -0.2) is 34.9 Å². The van der Waals surface area contributed by atoms with Gasteiger partial charge in [0.1, 0.15) is 17.3 Å². The molecule has 7 rings (SSSR count). The van der Waals surface area contributed by atoms with E-state index in [1.807, 2.05) is 0 Å². The summed E-state index contributed by atoms with van der Waals surface area (Å²) >= 11 is 25.1. The number of halogens is 4. The van der Waals surface area contributed by atoms with E-state index < -0.39 is 17.6 Å². The maximum Gasteiger partial charge on any atom is 0.239 e. The first-order valence-corrected chi connectivity index (χ1v) is 12.8. The van der Waals surface area contributed by atoms with Gasteiger partial charge >= 0.3 is 0 Å². The summed E-state index contributed by atoms with van der Waals surface area (Å²) < 4.78 is 0. The highest BCUT2D eigenvalue weighted by atomic mass is 35.5. The van der Waals surface area contributed by atoms with Crippen molar-refractivity contribution in [3.63, 3.8) is 0 Å². The molecule has 3 aromatic rings. The molecule has 0 spiro atoms. The van der Waals surface area contributed by atoms with E-state index in [0.717, 1.165) is 0 Å². The molecule has 3 aliphatic carbocycles. The molecule has 0 fully saturated rings. The highest BCUT2D eigenvalue weighted by molar-refractivity contribution is 6.55. The molecule has 1 unspecified atom stereocenters. The van der Waals surface area contributed by atoms with E-state index in [4.69, 9.17) is 46.4 Å². The lowest BCUT2D eigenvalue weighted by Gasteiger charge is -2.31. The molecule has 2 N–H and O–H groups in total. The standard InChI is InChI=1S/C28H10Cl4N2O4/c29-19-17-18(20(30)22(32)21(19)31)28(38)16-12(27(17)37)6-8-14-24(16)34-13-7-5-11-15(23(13)33-14)26(36)10-4-2-1-3-9(10)25(11)35/h1-8,23,33H/p+1. The van der Waals surface area contributed by atoms with E-state index in [0.29, 0.717) is 39.4 Å². The SMILES string of the molecule is O=C1C2=C(C(=O)c3ccccc31)C1Nc3ccc4c(c3[NH+]=C1C=C2)C(=O)c1c(Cl)c(Cl)c(Cl)c(Cl)c1C4=O. The monoisotopic (exact) mass is 579 g/mol. The maximum atomic E-state index is 13.8. The molecule has 4 aliphatic rings. The number of hydrogen-bond donors (Lipinski definition) is 2. The number of benzene rings is 3. The average molecular weight is 581 g/mol. The van der Waals surface area contributed by atoms with Crippen LogP contribution in [0.3, 0.4) is 0 Å². The summed E-state index contributed by atoms with van der Waals surface area (Å²) in [6, 6.07) is 9.16. The van der Waals surface area contributed by atoms with Crippen LogP contribution in [0.5, 0.6) is 0 Å². The minimum absolute atomic E-state index is 0.0828. The van der Waals surface area contributed by atoms with E-state index >= 15 is 0 Å². The Balaban J connectivity index is 1.40. The number of Topliss-reactive ketones (excluding diaryl/α,β-unsaturated/α-hetero) is 2. The Bertz CT molecular complexity index is 1870. The van der Waals surface area contributed by atoms with Gasteiger partial charge in [-0.05, 0) is 18.2 Å². The van der Waals surface area contributed by atoms with E-state index in [1.165, 1.54) is 6.07 Å². The number of allylic oxidation sites excluding steroid dienone is 2. The molecule has 0 aromatic heterocycles. The summed E-state index contributed by atoms with van der Waals surface area (Å²) in [5.41, 5.74) is 2.62. The lowest BCUT2D eigenvalue weighted by atomic mass is 9.76. The summed E-state index contributed by atoms with van der Waals surface area (Å²) in [7, 11) is 0. The van der Waals surface area contributed by atoms with Gasteiger partial charge in [-0.2, -0.15) is 0 Å². The second-order valence-corrected chi connectivity index (χ2v) is 10.6. The number of carbonyl (C=O) groups excluding carboxylic acids is 4. The van der Waals surface area contributed by atoms with E-state index in [-0.39, 0.29) is 53.9 Å². The molecule has 0 radical (unpaired) electrons. The van der Waals surface area contributed by atoms with Gasteiger partial charge in [0.2, 0.25) is 17.2 Å². The highest BCUT2D eigenvalue weighted by Crippen LogP contribution is 2.47. The highest BCUT2D eigenvalue weighted by Gasteiger charge is 2.45. The number of fused-ring (bicyclic) bond motifs is 7. The van der Waals surface area contributed by atoms with Crippen molar-refractivity contribution in [3.8, 4) is 0 Å². The summed E-state index contributed by atoms with van der Waals surface area (Å²) in [5, 5.41) is 2.75. The van der Waals surface area contributed by atoms with Crippen molar-refractivity contribution in [1.29, 1.82) is 0 Å². The molecule has 184 valence electrons. The van der Waals surface area contributed by atoms with Crippen molar-refractivity contribution in [1.82, 2.24) is 0 Å². The minimum atomic E-state index is -0.668. The number of rotatable bonds is 0. The number of carbonyl (C=O) groups is 4. The van der Waals surface area contributed by atoms with Crippen molar-refractivity contribution in [2.24, 2.45) is 0 Å². The average Bonchev–Trinajstić information content (AvgIpc) is 2.93. The van der Waals surface area contributed by atoms with Gasteiger partial charge in [0, 0.05) is 33.9 Å². The Kier molecular flexibility index (Phi) is 4.95. The largest absolute Gasteiger partial charge is 0.364 e. The molecular formula is C28H11Cl4N2O4+. The molecule has 0 saturated heterocycles. The first-order chi connectivity index (χ1) is 18.2. The summed E-state index contributed by atoms with van der Waals surface area (Å²) in [5.74, 6) is -1.57. The van der Waals surface area contributed by atoms with Gasteiger partial charge in [0.15, 0.2) is 17.3 Å². The fourth-order valence-corrected chi connectivity index (χ4v) is 6.47. The third-order valence-corrected chi connectivity index (χ3v) is 8.99. The Morgan fingerprint density at radius 1 is 0.632 bits per heavy atom. The zero-order chi connectivity index (χ0) is 26.6. The van der Waals surface area contributed by atoms with E-state index in [1.54, 1.807) is 42.5 Å². The zero-order valence-electron chi connectivity index (χ0n) is 18.8. The van der Waals surface area contributed by atoms with Gasteiger partial charge in [0.25, 0.3) is 0 Å². The Morgan fingerprint density at radius 3 is 1.95 bits per heavy atom. The lowest BCUT2D eigenvalue weighted by molar-refractivity contribution is -0.355. The number of ketones is 4. The first-order valence-electron chi connectivity index (χ1n) is 11.3. The molecular weight excluding hydrogens is 570 g/mol. The van der Waals surface area contributed by atoms with E-state index in [9.17, 15) is 19.2 Å². The van der Waals surface area contributed by atoms with Gasteiger partial charge in [-0.25, -0.2) is 4.99 Å². The Morgan fingerprint density at radius 2 is 1.26 bits per heavy atom. The van der Waals surface area contributed by atoms with Crippen molar-refractivity contribution in [2.75, 3.05) is 5.32 Å². The molecule has 1 atom stereocenters. The number of hydrogen-bond acceptors (Lipinski definition) is 5. The maximum absolute atomic E-state index is 13.8.